The van der Waals surface area contributed by atoms with Crippen molar-refractivity contribution >= 4 is 35.1 Å². The number of hydrogen-bond donors (Lipinski definition) is 1. The maximum Gasteiger partial charge on any atom is 0.335 e. The van der Waals surface area contributed by atoms with Gasteiger partial charge in [-0.25, -0.2) is 4.79 Å². The molecule has 2 unspecified atom stereocenters. The maximum absolute atomic E-state index is 13.2. The zero-order valence-corrected chi connectivity index (χ0v) is 21.5. The van der Waals surface area contributed by atoms with Crippen LogP contribution in [0.15, 0.2) is 47.0 Å². The van der Waals surface area contributed by atoms with Crippen molar-refractivity contribution < 1.29 is 24.0 Å². The van der Waals surface area contributed by atoms with Crippen LogP contribution in [0.2, 0.25) is 10.0 Å². The number of carboxylic acids is 1. The van der Waals surface area contributed by atoms with Crippen LogP contribution >= 0.6 is 23.2 Å². The molecule has 0 spiro atoms. The minimum absolute atomic E-state index is 0.0194. The molecular weight excluding hydrogens is 515 g/mol. The Morgan fingerprint density at radius 3 is 2.30 bits per heavy atom. The fraction of sp³-hybridized carbons (Fsp3) is 0.393. The van der Waals surface area contributed by atoms with Gasteiger partial charge in [-0.15, -0.1) is 0 Å². The van der Waals surface area contributed by atoms with Crippen LogP contribution in [0.1, 0.15) is 63.6 Å². The third-order valence-electron chi connectivity index (χ3n) is 7.78. The minimum Gasteiger partial charge on any atom is -0.478 e. The Hall–Kier alpha value is -2.87. The summed E-state index contributed by atoms with van der Waals surface area (Å²) < 4.78 is 12.3. The van der Waals surface area contributed by atoms with Crippen molar-refractivity contribution in [1.82, 2.24) is 10.1 Å². The summed E-state index contributed by atoms with van der Waals surface area (Å²) in [6.45, 7) is 1.51. The molecule has 7 nitrogen and oxygen atoms in total. The highest BCUT2D eigenvalue weighted by Gasteiger charge is 2.45. The molecule has 2 bridgehead atoms. The Morgan fingerprint density at radius 2 is 1.65 bits per heavy atom. The lowest BCUT2D eigenvalue weighted by Crippen LogP contribution is -2.48. The van der Waals surface area contributed by atoms with Gasteiger partial charge in [0.25, 0.3) is 5.91 Å². The number of aromatic carboxylic acids is 1. The van der Waals surface area contributed by atoms with Gasteiger partial charge < -0.3 is 19.3 Å². The summed E-state index contributed by atoms with van der Waals surface area (Å²) in [5.41, 5.74) is 2.71. The summed E-state index contributed by atoms with van der Waals surface area (Å²) in [6, 6.07) is 11.6. The van der Waals surface area contributed by atoms with E-state index in [0.717, 1.165) is 37.0 Å². The first-order valence-electron chi connectivity index (χ1n) is 12.6. The second kappa shape index (κ2) is 9.78. The van der Waals surface area contributed by atoms with Crippen LogP contribution in [0.3, 0.4) is 0 Å². The van der Waals surface area contributed by atoms with Gasteiger partial charge in [0, 0.05) is 47.5 Å². The van der Waals surface area contributed by atoms with Gasteiger partial charge in [-0.3, -0.25) is 4.79 Å². The zero-order valence-electron chi connectivity index (χ0n) is 20.0. The molecule has 1 N–H and O–H groups in total. The van der Waals surface area contributed by atoms with Crippen LogP contribution in [0.5, 0.6) is 0 Å². The summed E-state index contributed by atoms with van der Waals surface area (Å²) in [5.74, 6) is 0.440. The molecule has 2 atom stereocenters. The Morgan fingerprint density at radius 1 is 1.00 bits per heavy atom. The van der Waals surface area contributed by atoms with E-state index in [2.05, 4.69) is 5.16 Å². The van der Waals surface area contributed by atoms with Crippen molar-refractivity contribution in [3.05, 3.63) is 75.0 Å². The number of amides is 1. The molecule has 6 rings (SSSR count). The van der Waals surface area contributed by atoms with Crippen LogP contribution in [0.4, 0.5) is 0 Å². The van der Waals surface area contributed by atoms with Crippen LogP contribution in [-0.4, -0.2) is 46.2 Å². The van der Waals surface area contributed by atoms with E-state index < -0.39 is 5.97 Å². The molecule has 2 heterocycles. The van der Waals surface area contributed by atoms with Crippen molar-refractivity contribution in [3.8, 4) is 11.3 Å². The number of carbonyl (C=O) groups is 2. The average molecular weight is 541 g/mol. The largest absolute Gasteiger partial charge is 0.478 e. The fourth-order valence-electron chi connectivity index (χ4n) is 5.81. The minimum atomic E-state index is -1.04. The lowest BCUT2D eigenvalue weighted by Gasteiger charge is -2.38. The highest BCUT2D eigenvalue weighted by Crippen LogP contribution is 2.47. The third-order valence-corrected chi connectivity index (χ3v) is 8.41. The molecule has 3 aromatic rings. The summed E-state index contributed by atoms with van der Waals surface area (Å²) in [7, 11) is 0. The van der Waals surface area contributed by atoms with Crippen molar-refractivity contribution in [1.29, 1.82) is 0 Å². The van der Waals surface area contributed by atoms with E-state index in [-0.39, 0.29) is 29.4 Å². The zero-order chi connectivity index (χ0) is 25.7. The maximum atomic E-state index is 13.2. The van der Waals surface area contributed by atoms with Gasteiger partial charge in [0.1, 0.15) is 11.5 Å². The van der Waals surface area contributed by atoms with E-state index in [0.29, 0.717) is 52.5 Å². The normalized spacial score (nSPS) is 22.9. The van der Waals surface area contributed by atoms with Crippen LogP contribution < -0.4 is 0 Å². The average Bonchev–Trinajstić information content (AvgIpc) is 3.61. The first kappa shape index (κ1) is 24.5. The molecule has 1 saturated heterocycles. The number of benzene rings is 2. The van der Waals surface area contributed by atoms with E-state index in [4.69, 9.17) is 32.5 Å². The van der Waals surface area contributed by atoms with Gasteiger partial charge in [-0.05, 0) is 56.0 Å². The van der Waals surface area contributed by atoms with Crippen LogP contribution in [0, 0.1) is 11.8 Å². The summed E-state index contributed by atoms with van der Waals surface area (Å²) >= 11 is 13.0. The summed E-state index contributed by atoms with van der Waals surface area (Å²) in [6.07, 6.45) is 4.11. The second-order valence-electron chi connectivity index (χ2n) is 10.2. The number of ether oxygens (including phenoxy) is 1. The van der Waals surface area contributed by atoms with Gasteiger partial charge in [-0.1, -0.05) is 40.5 Å². The molecule has 1 amide bonds. The molecule has 3 fully saturated rings. The van der Waals surface area contributed by atoms with Crippen molar-refractivity contribution in [2.75, 3.05) is 13.1 Å². The van der Waals surface area contributed by atoms with E-state index in [1.54, 1.807) is 30.3 Å². The summed E-state index contributed by atoms with van der Waals surface area (Å²) in [5, 5.41) is 14.7. The number of carboxylic acid groups (broad SMARTS) is 1. The molecular formula is C28H26Cl2N2O5. The SMILES string of the molecule is O=C(O)c1cccc(C(=O)N2CC3CCC(C2)C3OCc2c(-c3c(Cl)cccc3Cl)noc2C2CC2)c1. The van der Waals surface area contributed by atoms with E-state index in [1.807, 2.05) is 4.90 Å². The second-order valence-corrected chi connectivity index (χ2v) is 11.0. The van der Waals surface area contributed by atoms with E-state index in [9.17, 15) is 14.7 Å². The summed E-state index contributed by atoms with van der Waals surface area (Å²) in [4.78, 5) is 26.4. The van der Waals surface area contributed by atoms with Crippen molar-refractivity contribution in [3.63, 3.8) is 0 Å². The monoisotopic (exact) mass is 540 g/mol. The number of piperidine rings is 1. The van der Waals surface area contributed by atoms with Gasteiger partial charge in [0.05, 0.1) is 28.3 Å². The number of carbonyl (C=O) groups excluding carboxylic acids is 1. The Bertz CT molecular complexity index is 1330. The third kappa shape index (κ3) is 4.65. The molecule has 9 heteroatoms. The topological polar surface area (TPSA) is 92.9 Å². The van der Waals surface area contributed by atoms with Gasteiger partial charge >= 0.3 is 5.97 Å². The molecule has 0 radical (unpaired) electrons. The Labute approximate surface area is 224 Å². The van der Waals surface area contributed by atoms with E-state index in [1.165, 1.54) is 12.1 Å². The van der Waals surface area contributed by atoms with Crippen LogP contribution in [0.25, 0.3) is 11.3 Å². The number of halogens is 2. The Kier molecular flexibility index (Phi) is 6.47. The highest BCUT2D eigenvalue weighted by molar-refractivity contribution is 6.39. The number of nitrogens with zero attached hydrogens (tertiary/aromatic N) is 2. The first-order valence-corrected chi connectivity index (χ1v) is 13.3. The standard InChI is InChI=1S/C28H26Cl2N2O5/c29-21-5-2-6-22(30)23(21)24-20(26(37-31-24)15-7-8-15)14-36-25-18-9-10-19(25)13-32(12-18)27(33)16-3-1-4-17(11-16)28(34)35/h1-6,11,15,18-19,25H,7-10,12-14H2,(H,34,35). The Balaban J connectivity index is 1.19. The van der Waals surface area contributed by atoms with Crippen LogP contribution in [-0.2, 0) is 11.3 Å². The molecule has 37 heavy (non-hydrogen) atoms. The van der Waals surface area contributed by atoms with Crippen molar-refractivity contribution in [2.24, 2.45) is 11.8 Å². The van der Waals surface area contributed by atoms with E-state index >= 15 is 0 Å². The molecule has 1 aromatic heterocycles. The predicted octanol–water partition coefficient (Wildman–Crippen LogP) is 6.29. The molecule has 1 aliphatic heterocycles. The van der Waals surface area contributed by atoms with Gasteiger partial charge in [0.15, 0.2) is 0 Å². The van der Waals surface area contributed by atoms with Crippen molar-refractivity contribution in [2.45, 2.75) is 44.3 Å². The fourth-order valence-corrected chi connectivity index (χ4v) is 6.38. The van der Waals surface area contributed by atoms with Gasteiger partial charge in [0.2, 0.25) is 0 Å². The highest BCUT2D eigenvalue weighted by atomic mass is 35.5. The quantitative estimate of drug-likeness (QED) is 0.378. The molecule has 2 aromatic carbocycles. The number of likely N-dealkylation sites (tertiary alicyclic amines) is 1. The number of aromatic nitrogens is 1. The molecule has 192 valence electrons. The predicted molar refractivity (Wildman–Crippen MR) is 138 cm³/mol. The number of rotatable bonds is 7. The van der Waals surface area contributed by atoms with Gasteiger partial charge in [-0.2, -0.15) is 0 Å². The molecule has 2 saturated carbocycles. The smallest absolute Gasteiger partial charge is 0.335 e. The lowest BCUT2D eigenvalue weighted by atomic mass is 9.94. The lowest BCUT2D eigenvalue weighted by molar-refractivity contribution is -0.0456. The first-order chi connectivity index (χ1) is 17.9. The molecule has 3 aliphatic rings. The number of hydrogen-bond acceptors (Lipinski definition) is 5. The molecule has 2 aliphatic carbocycles. The number of fused-ring (bicyclic) bond motifs is 2.